The van der Waals surface area contributed by atoms with Crippen LogP contribution in [0.3, 0.4) is 0 Å². The van der Waals surface area contributed by atoms with Crippen LogP contribution in [-0.4, -0.2) is 17.7 Å². The van der Waals surface area contributed by atoms with Crippen molar-refractivity contribution in [3.8, 4) is 11.5 Å². The van der Waals surface area contributed by atoms with E-state index >= 15 is 0 Å². The molecule has 3 aromatic rings. The Labute approximate surface area is 139 Å². The van der Waals surface area contributed by atoms with E-state index in [1.807, 2.05) is 37.3 Å². The molecule has 0 bridgehead atoms. The Hall–Kier alpha value is -2.95. The van der Waals surface area contributed by atoms with Crippen LogP contribution in [0.25, 0.3) is 10.9 Å². The molecule has 2 heterocycles. The van der Waals surface area contributed by atoms with Crippen LogP contribution in [0.15, 0.2) is 42.5 Å². The SMILES string of the molecule is Cc1cc2cc(CC(=O)NCc3ccc4c(c3)OCO4)ccc2[nH]1. The average molecular weight is 322 g/mol. The summed E-state index contributed by atoms with van der Waals surface area (Å²) in [5, 5.41) is 4.08. The first-order valence-corrected chi connectivity index (χ1v) is 7.91. The molecule has 24 heavy (non-hydrogen) atoms. The Morgan fingerprint density at radius 2 is 1.92 bits per heavy atom. The summed E-state index contributed by atoms with van der Waals surface area (Å²) >= 11 is 0. The molecule has 2 N–H and O–H groups in total. The molecule has 0 saturated heterocycles. The van der Waals surface area contributed by atoms with E-state index in [-0.39, 0.29) is 12.7 Å². The molecule has 5 heteroatoms. The van der Waals surface area contributed by atoms with Crippen molar-refractivity contribution >= 4 is 16.8 Å². The number of hydrogen-bond donors (Lipinski definition) is 2. The molecule has 0 radical (unpaired) electrons. The molecule has 0 aliphatic carbocycles. The number of benzene rings is 2. The van der Waals surface area contributed by atoms with Crippen molar-refractivity contribution in [2.45, 2.75) is 19.9 Å². The third-order valence-electron chi connectivity index (χ3n) is 4.11. The van der Waals surface area contributed by atoms with Crippen molar-refractivity contribution in [3.05, 3.63) is 59.3 Å². The minimum atomic E-state index is -0.000672. The maximum absolute atomic E-state index is 12.2. The minimum Gasteiger partial charge on any atom is -0.454 e. The quantitative estimate of drug-likeness (QED) is 0.776. The highest BCUT2D eigenvalue weighted by atomic mass is 16.7. The van der Waals surface area contributed by atoms with Crippen molar-refractivity contribution < 1.29 is 14.3 Å². The molecule has 1 aromatic heterocycles. The number of H-pyrrole nitrogens is 1. The van der Waals surface area contributed by atoms with Gasteiger partial charge in [-0.3, -0.25) is 4.79 Å². The van der Waals surface area contributed by atoms with E-state index in [2.05, 4.69) is 22.4 Å². The highest BCUT2D eigenvalue weighted by Gasteiger charge is 2.13. The van der Waals surface area contributed by atoms with Gasteiger partial charge < -0.3 is 19.8 Å². The average Bonchev–Trinajstić information content (AvgIpc) is 3.17. The fourth-order valence-electron chi connectivity index (χ4n) is 2.94. The molecule has 0 saturated carbocycles. The zero-order valence-corrected chi connectivity index (χ0v) is 13.4. The minimum absolute atomic E-state index is 0.000672. The first kappa shape index (κ1) is 14.6. The number of rotatable bonds is 4. The van der Waals surface area contributed by atoms with Crippen LogP contribution in [0.1, 0.15) is 16.8 Å². The van der Waals surface area contributed by atoms with Gasteiger partial charge in [-0.25, -0.2) is 0 Å². The Kier molecular flexibility index (Phi) is 3.61. The topological polar surface area (TPSA) is 63.4 Å². The van der Waals surface area contributed by atoms with E-state index in [0.29, 0.717) is 13.0 Å². The first-order chi connectivity index (χ1) is 11.7. The summed E-state index contributed by atoms with van der Waals surface area (Å²) in [4.78, 5) is 15.5. The molecule has 122 valence electrons. The molecule has 1 amide bonds. The van der Waals surface area contributed by atoms with E-state index < -0.39 is 0 Å². The number of aryl methyl sites for hydroxylation is 1. The number of nitrogens with one attached hydrogen (secondary N) is 2. The maximum Gasteiger partial charge on any atom is 0.231 e. The molecule has 0 atom stereocenters. The van der Waals surface area contributed by atoms with Gasteiger partial charge >= 0.3 is 0 Å². The van der Waals surface area contributed by atoms with Crippen LogP contribution in [0, 0.1) is 6.92 Å². The number of ether oxygens (including phenoxy) is 2. The normalized spacial score (nSPS) is 12.5. The fourth-order valence-corrected chi connectivity index (χ4v) is 2.94. The van der Waals surface area contributed by atoms with Gasteiger partial charge in [0.2, 0.25) is 12.7 Å². The predicted molar refractivity (Wildman–Crippen MR) is 91.2 cm³/mol. The summed E-state index contributed by atoms with van der Waals surface area (Å²) in [6.45, 7) is 2.75. The van der Waals surface area contributed by atoms with E-state index in [0.717, 1.165) is 39.2 Å². The molecule has 0 fully saturated rings. The van der Waals surface area contributed by atoms with Crippen molar-refractivity contribution in [1.29, 1.82) is 0 Å². The summed E-state index contributed by atoms with van der Waals surface area (Å²) in [6, 6.07) is 13.8. The van der Waals surface area contributed by atoms with Crippen LogP contribution in [0.4, 0.5) is 0 Å². The molecule has 1 aliphatic rings. The summed E-state index contributed by atoms with van der Waals surface area (Å²) in [6.07, 6.45) is 0.366. The van der Waals surface area contributed by atoms with Crippen molar-refractivity contribution in [3.63, 3.8) is 0 Å². The monoisotopic (exact) mass is 322 g/mol. The second-order valence-electron chi connectivity index (χ2n) is 6.02. The summed E-state index contributed by atoms with van der Waals surface area (Å²) in [5.41, 5.74) is 4.21. The second-order valence-corrected chi connectivity index (χ2v) is 6.02. The van der Waals surface area contributed by atoms with Crippen LogP contribution < -0.4 is 14.8 Å². The van der Waals surface area contributed by atoms with Gasteiger partial charge in [-0.1, -0.05) is 12.1 Å². The van der Waals surface area contributed by atoms with Gasteiger partial charge in [0.15, 0.2) is 11.5 Å². The zero-order valence-electron chi connectivity index (χ0n) is 13.4. The summed E-state index contributed by atoms with van der Waals surface area (Å²) in [5.74, 6) is 1.48. The van der Waals surface area contributed by atoms with Gasteiger partial charge in [0.25, 0.3) is 0 Å². The third kappa shape index (κ3) is 2.93. The number of amides is 1. The number of carbonyl (C=O) groups is 1. The lowest BCUT2D eigenvalue weighted by Crippen LogP contribution is -2.24. The summed E-state index contributed by atoms with van der Waals surface area (Å²) in [7, 11) is 0. The second kappa shape index (κ2) is 5.92. The highest BCUT2D eigenvalue weighted by molar-refractivity contribution is 5.84. The standard InChI is InChI=1S/C19H18N2O3/c1-12-6-15-7-13(2-4-16(15)21-12)9-19(22)20-10-14-3-5-17-18(8-14)24-11-23-17/h2-8,21H,9-11H2,1H3,(H,20,22). The van der Waals surface area contributed by atoms with E-state index in [1.54, 1.807) is 0 Å². The third-order valence-corrected chi connectivity index (χ3v) is 4.11. The van der Waals surface area contributed by atoms with Crippen molar-refractivity contribution in [2.75, 3.05) is 6.79 Å². The number of fused-ring (bicyclic) bond motifs is 2. The van der Waals surface area contributed by atoms with Crippen LogP contribution >= 0.6 is 0 Å². The van der Waals surface area contributed by atoms with Gasteiger partial charge in [0.1, 0.15) is 0 Å². The lowest BCUT2D eigenvalue weighted by molar-refractivity contribution is -0.120. The number of aromatic amines is 1. The van der Waals surface area contributed by atoms with Crippen LogP contribution in [-0.2, 0) is 17.8 Å². The zero-order chi connectivity index (χ0) is 16.5. The van der Waals surface area contributed by atoms with Gasteiger partial charge in [-0.05, 0) is 53.8 Å². The van der Waals surface area contributed by atoms with Crippen LogP contribution in [0.2, 0.25) is 0 Å². The van der Waals surface area contributed by atoms with Crippen LogP contribution in [0.5, 0.6) is 11.5 Å². The Bertz CT molecular complexity index is 914. The molecule has 4 rings (SSSR count). The smallest absolute Gasteiger partial charge is 0.231 e. The number of aromatic nitrogens is 1. The molecular weight excluding hydrogens is 304 g/mol. The predicted octanol–water partition coefficient (Wildman–Crippen LogP) is 3.06. The number of carbonyl (C=O) groups excluding carboxylic acids is 1. The van der Waals surface area contributed by atoms with Gasteiger partial charge in [0.05, 0.1) is 6.42 Å². The fraction of sp³-hybridized carbons (Fsp3) is 0.211. The van der Waals surface area contributed by atoms with E-state index in [1.165, 1.54) is 0 Å². The van der Waals surface area contributed by atoms with E-state index in [4.69, 9.17) is 9.47 Å². The molecule has 0 unspecified atom stereocenters. The molecule has 2 aromatic carbocycles. The summed E-state index contributed by atoms with van der Waals surface area (Å²) < 4.78 is 10.6. The van der Waals surface area contributed by atoms with E-state index in [9.17, 15) is 4.79 Å². The van der Waals surface area contributed by atoms with Crippen molar-refractivity contribution in [1.82, 2.24) is 10.3 Å². The lowest BCUT2D eigenvalue weighted by atomic mass is 10.1. The molecule has 1 aliphatic heterocycles. The Morgan fingerprint density at radius 3 is 2.83 bits per heavy atom. The Balaban J connectivity index is 1.38. The lowest BCUT2D eigenvalue weighted by Gasteiger charge is -2.07. The largest absolute Gasteiger partial charge is 0.454 e. The number of hydrogen-bond acceptors (Lipinski definition) is 3. The van der Waals surface area contributed by atoms with Gasteiger partial charge in [0, 0.05) is 17.8 Å². The molecule has 0 spiro atoms. The molecular formula is C19H18N2O3. The van der Waals surface area contributed by atoms with Gasteiger partial charge in [-0.2, -0.15) is 0 Å². The van der Waals surface area contributed by atoms with Crippen molar-refractivity contribution in [2.24, 2.45) is 0 Å². The first-order valence-electron chi connectivity index (χ1n) is 7.91. The maximum atomic E-state index is 12.2. The van der Waals surface area contributed by atoms with Gasteiger partial charge in [-0.15, -0.1) is 0 Å². The highest BCUT2D eigenvalue weighted by Crippen LogP contribution is 2.32. The Morgan fingerprint density at radius 1 is 1.08 bits per heavy atom. The molecule has 5 nitrogen and oxygen atoms in total.